The molecule has 0 radical (unpaired) electrons. The van der Waals surface area contributed by atoms with Crippen molar-refractivity contribution in [2.75, 3.05) is 21.3 Å². The van der Waals surface area contributed by atoms with Crippen LogP contribution in [-0.2, 0) is 18.1 Å². The number of benzene rings is 1. The molecule has 9 heteroatoms. The molecule has 1 aliphatic rings. The summed E-state index contributed by atoms with van der Waals surface area (Å²) < 4.78 is 26.6. The number of rotatable bonds is 5. The van der Waals surface area contributed by atoms with E-state index in [1.807, 2.05) is 0 Å². The second-order valence-corrected chi connectivity index (χ2v) is 6.47. The van der Waals surface area contributed by atoms with Crippen LogP contribution in [0.3, 0.4) is 0 Å². The van der Waals surface area contributed by atoms with Crippen LogP contribution in [0.5, 0.6) is 0 Å². The van der Waals surface area contributed by atoms with E-state index in [0.29, 0.717) is 11.1 Å². The van der Waals surface area contributed by atoms with E-state index in [1.165, 1.54) is 7.05 Å². The minimum absolute atomic E-state index is 0.105. The Morgan fingerprint density at radius 1 is 1.13 bits per heavy atom. The van der Waals surface area contributed by atoms with Crippen LogP contribution >= 0.6 is 7.82 Å². The van der Waals surface area contributed by atoms with Gasteiger partial charge in [0.1, 0.15) is 6.04 Å². The first-order valence-corrected chi connectivity index (χ1v) is 8.19. The molecule has 124 valence electrons. The maximum Gasteiger partial charge on any atom is 0.530 e. The molecule has 1 unspecified atom stereocenters. The molecule has 0 aliphatic carbocycles. The first kappa shape index (κ1) is 17.3. The van der Waals surface area contributed by atoms with Gasteiger partial charge in [-0.1, -0.05) is 12.1 Å². The maximum atomic E-state index is 12.4. The zero-order valence-corrected chi connectivity index (χ0v) is 14.1. The van der Waals surface area contributed by atoms with Gasteiger partial charge >= 0.3 is 7.82 Å². The fourth-order valence-corrected chi connectivity index (χ4v) is 3.00. The van der Waals surface area contributed by atoms with Crippen molar-refractivity contribution in [3.63, 3.8) is 0 Å². The van der Waals surface area contributed by atoms with Crippen molar-refractivity contribution in [1.82, 2.24) is 4.90 Å². The smallest absolute Gasteiger partial charge is 0.388 e. The summed E-state index contributed by atoms with van der Waals surface area (Å²) in [7, 11) is -0.139. The second-order valence-electron chi connectivity index (χ2n) is 4.67. The van der Waals surface area contributed by atoms with E-state index in [4.69, 9.17) is 4.52 Å². The zero-order valence-electron chi connectivity index (χ0n) is 13.2. The number of phosphoric acid groups is 1. The Kier molecular flexibility index (Phi) is 4.99. The SMILES string of the molecule is CN=C(OP(=O)(OC)OC)C(C)N1C(=O)c2ccccc2C1=O. The number of hydrogen-bond donors (Lipinski definition) is 0. The number of imide groups is 1. The molecule has 1 aliphatic heterocycles. The Morgan fingerprint density at radius 3 is 2.00 bits per heavy atom. The molecule has 0 spiro atoms. The number of carbonyl (C=O) groups is 2. The molecule has 1 heterocycles. The first-order chi connectivity index (χ1) is 10.9. The average molecular weight is 340 g/mol. The predicted molar refractivity (Wildman–Crippen MR) is 82.5 cm³/mol. The Hall–Kier alpha value is -2.02. The van der Waals surface area contributed by atoms with E-state index in [9.17, 15) is 14.2 Å². The summed E-state index contributed by atoms with van der Waals surface area (Å²) in [6.45, 7) is 1.54. The van der Waals surface area contributed by atoms with Crippen molar-refractivity contribution >= 4 is 25.5 Å². The molecule has 2 amide bonds. The summed E-state index contributed by atoms with van der Waals surface area (Å²) in [5.41, 5.74) is 0.614. The van der Waals surface area contributed by atoms with Crippen LogP contribution in [-0.4, -0.2) is 49.9 Å². The van der Waals surface area contributed by atoms with Gasteiger partial charge in [0.25, 0.3) is 11.8 Å². The van der Waals surface area contributed by atoms with Crippen LogP contribution in [0.15, 0.2) is 29.3 Å². The Bertz CT molecular complexity index is 674. The highest BCUT2D eigenvalue weighted by atomic mass is 31.2. The van der Waals surface area contributed by atoms with Gasteiger partial charge in [-0.2, -0.15) is 0 Å². The Labute approximate surface area is 133 Å². The van der Waals surface area contributed by atoms with Crippen molar-refractivity contribution in [3.8, 4) is 0 Å². The summed E-state index contributed by atoms with van der Waals surface area (Å²) in [5.74, 6) is -1.04. The molecule has 0 N–H and O–H groups in total. The molecule has 23 heavy (non-hydrogen) atoms. The minimum Gasteiger partial charge on any atom is -0.388 e. The van der Waals surface area contributed by atoms with Crippen molar-refractivity contribution < 1.29 is 27.7 Å². The van der Waals surface area contributed by atoms with E-state index in [-0.39, 0.29) is 5.90 Å². The molecule has 0 bridgehead atoms. The largest absolute Gasteiger partial charge is 0.530 e. The highest BCUT2D eigenvalue weighted by Crippen LogP contribution is 2.48. The van der Waals surface area contributed by atoms with Crippen molar-refractivity contribution in [1.29, 1.82) is 0 Å². The maximum absolute atomic E-state index is 12.4. The third-order valence-electron chi connectivity index (χ3n) is 3.44. The van der Waals surface area contributed by atoms with Gasteiger partial charge < -0.3 is 4.52 Å². The molecule has 1 aromatic carbocycles. The topological polar surface area (TPSA) is 94.5 Å². The Balaban J connectivity index is 2.30. The van der Waals surface area contributed by atoms with Crippen LogP contribution in [0.2, 0.25) is 0 Å². The second kappa shape index (κ2) is 6.62. The van der Waals surface area contributed by atoms with Gasteiger partial charge in [-0.15, -0.1) is 0 Å². The highest BCUT2D eigenvalue weighted by molar-refractivity contribution is 7.49. The van der Waals surface area contributed by atoms with E-state index < -0.39 is 25.7 Å². The summed E-state index contributed by atoms with van der Waals surface area (Å²) in [4.78, 5) is 29.7. The standard InChI is InChI=1S/C14H17N2O6P/c1-9(12(15-2)22-23(19,20-3)21-4)16-13(17)10-7-5-6-8-11(10)14(16)18/h5-9H,1-4H3. The van der Waals surface area contributed by atoms with Gasteiger partial charge in [-0.3, -0.25) is 28.5 Å². The van der Waals surface area contributed by atoms with Gasteiger partial charge in [-0.05, 0) is 19.1 Å². The van der Waals surface area contributed by atoms with E-state index in [2.05, 4.69) is 14.0 Å². The van der Waals surface area contributed by atoms with Crippen LogP contribution < -0.4 is 0 Å². The molecule has 0 fully saturated rings. The molecule has 0 saturated carbocycles. The molecule has 1 aromatic rings. The first-order valence-electron chi connectivity index (χ1n) is 6.73. The summed E-state index contributed by atoms with van der Waals surface area (Å²) in [5, 5.41) is 0. The number of aliphatic imine (C=N–C) groups is 1. The van der Waals surface area contributed by atoms with Crippen LogP contribution in [0.1, 0.15) is 27.6 Å². The summed E-state index contributed by atoms with van der Waals surface area (Å²) >= 11 is 0. The molecule has 0 saturated heterocycles. The average Bonchev–Trinajstić information content (AvgIpc) is 2.83. The van der Waals surface area contributed by atoms with Crippen molar-refractivity contribution in [2.24, 2.45) is 4.99 Å². The lowest BCUT2D eigenvalue weighted by molar-refractivity contribution is 0.0622. The quantitative estimate of drug-likeness (QED) is 0.353. The van der Waals surface area contributed by atoms with E-state index in [1.54, 1.807) is 31.2 Å². The van der Waals surface area contributed by atoms with Crippen molar-refractivity contribution in [2.45, 2.75) is 13.0 Å². The molecule has 2 rings (SSSR count). The summed E-state index contributed by atoms with van der Waals surface area (Å²) in [6, 6.07) is 5.62. The van der Waals surface area contributed by atoms with E-state index >= 15 is 0 Å². The normalized spacial score (nSPS) is 16.5. The Morgan fingerprint density at radius 2 is 1.61 bits per heavy atom. The summed E-state index contributed by atoms with van der Waals surface area (Å²) in [6.07, 6.45) is 0. The zero-order chi connectivity index (χ0) is 17.2. The monoisotopic (exact) mass is 340 g/mol. The van der Waals surface area contributed by atoms with Gasteiger partial charge in [-0.25, -0.2) is 4.57 Å². The lowest BCUT2D eigenvalue weighted by Gasteiger charge is -2.25. The van der Waals surface area contributed by atoms with Crippen molar-refractivity contribution in [3.05, 3.63) is 35.4 Å². The third-order valence-corrected chi connectivity index (χ3v) is 4.75. The van der Waals surface area contributed by atoms with Crippen LogP contribution in [0, 0.1) is 0 Å². The van der Waals surface area contributed by atoms with Gasteiger partial charge in [0.2, 0.25) is 5.90 Å². The minimum atomic E-state index is -3.84. The van der Waals surface area contributed by atoms with Gasteiger partial charge in [0.05, 0.1) is 11.1 Å². The predicted octanol–water partition coefficient (Wildman–Crippen LogP) is 2.12. The lowest BCUT2D eigenvalue weighted by atomic mass is 10.1. The number of phosphoric ester groups is 1. The van der Waals surface area contributed by atoms with E-state index in [0.717, 1.165) is 19.1 Å². The number of hydrogen-bond acceptors (Lipinski definition) is 7. The van der Waals surface area contributed by atoms with Crippen LogP contribution in [0.4, 0.5) is 0 Å². The van der Waals surface area contributed by atoms with Gasteiger partial charge in [0.15, 0.2) is 0 Å². The fraction of sp³-hybridized carbons (Fsp3) is 0.357. The fourth-order valence-electron chi connectivity index (χ4n) is 2.24. The molecular formula is C14H17N2O6P. The molecule has 0 aromatic heterocycles. The number of amides is 2. The molecule has 1 atom stereocenters. The lowest BCUT2D eigenvalue weighted by Crippen LogP contribution is -2.43. The highest BCUT2D eigenvalue weighted by Gasteiger charge is 2.42. The number of nitrogens with zero attached hydrogens (tertiary/aromatic N) is 2. The van der Waals surface area contributed by atoms with Crippen LogP contribution in [0.25, 0.3) is 0 Å². The number of carbonyl (C=O) groups excluding carboxylic acids is 2. The molecular weight excluding hydrogens is 323 g/mol. The van der Waals surface area contributed by atoms with Gasteiger partial charge in [0, 0.05) is 21.3 Å². The molecule has 8 nitrogen and oxygen atoms in total. The number of fused-ring (bicyclic) bond motifs is 1. The third kappa shape index (κ3) is 3.06.